The minimum Gasteiger partial charge on any atom is -0.225 e. The van der Waals surface area contributed by atoms with Crippen molar-refractivity contribution in [3.63, 3.8) is 0 Å². The van der Waals surface area contributed by atoms with Crippen LogP contribution in [-0.4, -0.2) is 0 Å². The van der Waals surface area contributed by atoms with Crippen LogP contribution >= 0.6 is 23.2 Å². The average molecular weight is 451 g/mol. The summed E-state index contributed by atoms with van der Waals surface area (Å²) in [5, 5.41) is 1.37. The van der Waals surface area contributed by atoms with E-state index in [1.54, 1.807) is 0 Å². The Morgan fingerprint density at radius 2 is 0.933 bits per heavy atom. The van der Waals surface area contributed by atoms with E-state index in [4.69, 9.17) is 33.0 Å². The van der Waals surface area contributed by atoms with Gasteiger partial charge >= 0.3 is 0 Å². The van der Waals surface area contributed by atoms with Crippen molar-refractivity contribution in [3.8, 4) is 0 Å². The first-order chi connectivity index (χ1) is 13.6. The summed E-state index contributed by atoms with van der Waals surface area (Å²) in [6.07, 6.45) is 1.53. The highest BCUT2D eigenvalue weighted by Crippen LogP contribution is 2.43. The van der Waals surface area contributed by atoms with Crippen LogP contribution in [0.4, 0.5) is 0 Å². The Hall–Kier alpha value is -1.06. The van der Waals surface area contributed by atoms with Gasteiger partial charge in [-0.15, -0.1) is 0 Å². The zero-order chi connectivity index (χ0) is 22.8. The van der Waals surface area contributed by atoms with Crippen molar-refractivity contribution in [2.75, 3.05) is 0 Å². The van der Waals surface area contributed by atoms with Gasteiger partial charge in [-0.1, -0.05) is 89.0 Å². The molecule has 0 saturated heterocycles. The largest absolute Gasteiger partial charge is 0.225 e. The average Bonchev–Trinajstić information content (AvgIpc) is 2.57. The van der Waals surface area contributed by atoms with E-state index in [0.717, 1.165) is 24.0 Å². The summed E-state index contributed by atoms with van der Waals surface area (Å²) < 4.78 is 0. The zero-order valence-electron chi connectivity index (χ0n) is 19.6. The van der Waals surface area contributed by atoms with Gasteiger partial charge in [0.2, 0.25) is 0 Å². The Morgan fingerprint density at radius 1 is 0.600 bits per heavy atom. The van der Waals surface area contributed by atoms with Gasteiger partial charge in [-0.05, 0) is 72.9 Å². The summed E-state index contributed by atoms with van der Waals surface area (Å²) in [5.74, 6) is 0. The molecule has 2 aromatic carbocycles. The van der Waals surface area contributed by atoms with E-state index in [1.807, 2.05) is 48.5 Å². The van der Waals surface area contributed by atoms with Gasteiger partial charge in [0.1, 0.15) is 11.2 Å². The van der Waals surface area contributed by atoms with E-state index in [1.165, 1.54) is 0 Å². The number of hydrogen-bond acceptors (Lipinski definition) is 2. The highest BCUT2D eigenvalue weighted by atomic mass is 35.5. The molecule has 0 bridgehead atoms. The van der Waals surface area contributed by atoms with E-state index in [9.17, 15) is 0 Å². The maximum Gasteiger partial charge on any atom is 0.126 e. The van der Waals surface area contributed by atoms with Crippen molar-refractivity contribution in [1.29, 1.82) is 0 Å². The molecule has 0 aliphatic carbocycles. The lowest BCUT2D eigenvalue weighted by Crippen LogP contribution is -2.38. The van der Waals surface area contributed by atoms with Gasteiger partial charge in [0, 0.05) is 10.0 Å². The smallest absolute Gasteiger partial charge is 0.126 e. The van der Waals surface area contributed by atoms with Crippen LogP contribution in [0.1, 0.15) is 79.4 Å². The minimum atomic E-state index is -0.666. The maximum atomic E-state index is 6.35. The summed E-state index contributed by atoms with van der Waals surface area (Å²) in [5.41, 5.74) is 0.707. The molecular weight excluding hydrogens is 415 g/mol. The molecule has 0 aromatic heterocycles. The Kier molecular flexibility index (Phi) is 7.73. The highest BCUT2D eigenvalue weighted by Gasteiger charge is 2.40. The second-order valence-electron chi connectivity index (χ2n) is 11.1. The van der Waals surface area contributed by atoms with Crippen LogP contribution in [0.25, 0.3) is 0 Å². The van der Waals surface area contributed by atoms with Crippen molar-refractivity contribution >= 4 is 23.2 Å². The molecule has 0 aliphatic rings. The van der Waals surface area contributed by atoms with Crippen LogP contribution in [0, 0.1) is 10.8 Å². The molecule has 0 saturated carbocycles. The van der Waals surface area contributed by atoms with Gasteiger partial charge in [0.15, 0.2) is 0 Å². The molecule has 0 N–H and O–H groups in total. The monoisotopic (exact) mass is 450 g/mol. The van der Waals surface area contributed by atoms with Gasteiger partial charge < -0.3 is 0 Å². The maximum absolute atomic E-state index is 6.35. The first-order valence-corrected chi connectivity index (χ1v) is 11.3. The number of halogens is 2. The molecule has 2 atom stereocenters. The number of rotatable bonds is 7. The van der Waals surface area contributed by atoms with Crippen molar-refractivity contribution in [2.45, 2.75) is 79.4 Å². The van der Waals surface area contributed by atoms with Crippen LogP contribution < -0.4 is 0 Å². The fourth-order valence-corrected chi connectivity index (χ4v) is 4.58. The fourth-order valence-electron chi connectivity index (χ4n) is 4.20. The first kappa shape index (κ1) is 25.2. The molecule has 0 spiro atoms. The Morgan fingerprint density at radius 3 is 1.20 bits per heavy atom. The van der Waals surface area contributed by atoms with Crippen molar-refractivity contribution < 1.29 is 9.78 Å². The Bertz CT molecular complexity index is 779. The van der Waals surface area contributed by atoms with Crippen molar-refractivity contribution in [3.05, 3.63) is 69.7 Å². The van der Waals surface area contributed by atoms with Gasteiger partial charge in [0.05, 0.1) is 0 Å². The lowest BCUT2D eigenvalue weighted by molar-refractivity contribution is -0.424. The van der Waals surface area contributed by atoms with Crippen LogP contribution in [0.2, 0.25) is 10.0 Å². The molecule has 4 heteroatoms. The van der Waals surface area contributed by atoms with Crippen molar-refractivity contribution in [2.24, 2.45) is 10.8 Å². The normalized spacial score (nSPS) is 16.7. The standard InChI is InChI=1S/C26H36Cl2O2/c1-23(2,3)17-25(7,19-11-9-13-21(27)15-19)29-30-26(8,18-24(4,5)6)20-12-10-14-22(28)16-20/h9-16H,17-18H2,1-8H3. The second kappa shape index (κ2) is 9.20. The van der Waals surface area contributed by atoms with Gasteiger partial charge in [-0.25, -0.2) is 9.78 Å². The van der Waals surface area contributed by atoms with E-state index in [-0.39, 0.29) is 10.8 Å². The van der Waals surface area contributed by atoms with Crippen LogP contribution in [-0.2, 0) is 21.0 Å². The predicted molar refractivity (Wildman–Crippen MR) is 128 cm³/mol. The van der Waals surface area contributed by atoms with E-state index in [0.29, 0.717) is 10.0 Å². The summed E-state index contributed by atoms with van der Waals surface area (Å²) in [6.45, 7) is 17.3. The van der Waals surface area contributed by atoms with Gasteiger partial charge in [-0.2, -0.15) is 0 Å². The quantitative estimate of drug-likeness (QED) is 0.309. The van der Waals surface area contributed by atoms with Crippen molar-refractivity contribution in [1.82, 2.24) is 0 Å². The molecule has 30 heavy (non-hydrogen) atoms. The molecule has 166 valence electrons. The van der Waals surface area contributed by atoms with Gasteiger partial charge in [-0.3, -0.25) is 0 Å². The molecule has 0 heterocycles. The summed E-state index contributed by atoms with van der Waals surface area (Å²) in [4.78, 5) is 12.7. The lowest BCUT2D eigenvalue weighted by Gasteiger charge is -2.40. The molecule has 0 radical (unpaired) electrons. The minimum absolute atomic E-state index is 0.0247. The molecule has 0 amide bonds. The van der Waals surface area contributed by atoms with E-state index < -0.39 is 11.2 Å². The Balaban J connectivity index is 2.44. The number of hydrogen-bond donors (Lipinski definition) is 0. The molecular formula is C26H36Cl2O2. The summed E-state index contributed by atoms with van der Waals surface area (Å²) in [7, 11) is 0. The first-order valence-electron chi connectivity index (χ1n) is 10.5. The topological polar surface area (TPSA) is 18.5 Å². The van der Waals surface area contributed by atoms with E-state index >= 15 is 0 Å². The number of benzene rings is 2. The third-order valence-electron chi connectivity index (χ3n) is 5.02. The molecule has 0 aliphatic heterocycles. The van der Waals surface area contributed by atoms with Crippen LogP contribution in [0.3, 0.4) is 0 Å². The summed E-state index contributed by atoms with van der Waals surface area (Å²) >= 11 is 12.6. The predicted octanol–water partition coefficient (Wildman–Crippen LogP) is 8.94. The molecule has 2 aromatic rings. The fraction of sp³-hybridized carbons (Fsp3) is 0.538. The third-order valence-corrected chi connectivity index (χ3v) is 5.49. The van der Waals surface area contributed by atoms with Crippen LogP contribution in [0.15, 0.2) is 48.5 Å². The lowest BCUT2D eigenvalue weighted by atomic mass is 9.79. The SMILES string of the molecule is CC(C)(C)CC(C)(OOC(C)(CC(C)(C)C)c1cccc(Cl)c1)c1cccc(Cl)c1. The second-order valence-corrected chi connectivity index (χ2v) is 12.0. The Labute approximate surface area is 192 Å². The molecule has 2 nitrogen and oxygen atoms in total. The molecule has 2 rings (SSSR count). The zero-order valence-corrected chi connectivity index (χ0v) is 21.1. The van der Waals surface area contributed by atoms with Crippen LogP contribution in [0.5, 0.6) is 0 Å². The van der Waals surface area contributed by atoms with E-state index in [2.05, 4.69) is 55.4 Å². The summed E-state index contributed by atoms with van der Waals surface area (Å²) in [6, 6.07) is 15.6. The third kappa shape index (κ3) is 7.27. The highest BCUT2D eigenvalue weighted by molar-refractivity contribution is 6.30. The molecule has 2 unspecified atom stereocenters. The van der Waals surface area contributed by atoms with Gasteiger partial charge in [0.25, 0.3) is 0 Å². The molecule has 0 fully saturated rings.